The van der Waals surface area contributed by atoms with Gasteiger partial charge in [-0.2, -0.15) is 0 Å². The third kappa shape index (κ3) is 2.68. The molecule has 0 saturated heterocycles. The van der Waals surface area contributed by atoms with Crippen LogP contribution in [0.3, 0.4) is 0 Å². The van der Waals surface area contributed by atoms with E-state index < -0.39 is 0 Å². The Morgan fingerprint density at radius 3 is 2.35 bits per heavy atom. The van der Waals surface area contributed by atoms with Gasteiger partial charge in [0.25, 0.3) is 0 Å². The molecule has 0 atom stereocenters. The van der Waals surface area contributed by atoms with Gasteiger partial charge in [0.1, 0.15) is 17.2 Å². The van der Waals surface area contributed by atoms with Crippen molar-refractivity contribution in [2.75, 3.05) is 7.11 Å². The molecule has 0 fully saturated rings. The standard InChI is InChI=1S/C19H19NO3/c1-11(2)19-16(21)8-13(9-17(19)22)14-7-12-5-4-6-20-15(12)10-18(14)23-3/h4-11,21-22H,1-3H3. The smallest absolute Gasteiger partial charge is 0.128 e. The first-order valence-electron chi connectivity index (χ1n) is 7.50. The fraction of sp³-hybridized carbons (Fsp3) is 0.211. The Labute approximate surface area is 135 Å². The highest BCUT2D eigenvalue weighted by Crippen LogP contribution is 2.41. The van der Waals surface area contributed by atoms with Gasteiger partial charge in [0.15, 0.2) is 0 Å². The van der Waals surface area contributed by atoms with Crippen molar-refractivity contribution in [2.45, 2.75) is 19.8 Å². The molecular weight excluding hydrogens is 290 g/mol. The molecule has 0 spiro atoms. The van der Waals surface area contributed by atoms with Gasteiger partial charge < -0.3 is 14.9 Å². The molecule has 0 aliphatic rings. The summed E-state index contributed by atoms with van der Waals surface area (Å²) in [4.78, 5) is 4.32. The van der Waals surface area contributed by atoms with Crippen LogP contribution >= 0.6 is 0 Å². The number of methoxy groups -OCH3 is 1. The zero-order valence-corrected chi connectivity index (χ0v) is 13.4. The average molecular weight is 309 g/mol. The van der Waals surface area contributed by atoms with E-state index in [1.807, 2.05) is 38.1 Å². The molecule has 3 aromatic rings. The van der Waals surface area contributed by atoms with Gasteiger partial charge in [0.2, 0.25) is 0 Å². The summed E-state index contributed by atoms with van der Waals surface area (Å²) in [6.45, 7) is 3.85. The number of pyridine rings is 1. The fourth-order valence-corrected chi connectivity index (χ4v) is 2.87. The number of aromatic nitrogens is 1. The van der Waals surface area contributed by atoms with Crippen molar-refractivity contribution < 1.29 is 14.9 Å². The van der Waals surface area contributed by atoms with Crippen LogP contribution in [0.5, 0.6) is 17.2 Å². The SMILES string of the molecule is COc1cc2ncccc2cc1-c1cc(O)c(C(C)C)c(O)c1. The van der Waals surface area contributed by atoms with Crippen LogP contribution in [0.1, 0.15) is 25.3 Å². The Balaban J connectivity index is 2.23. The second-order valence-corrected chi connectivity index (χ2v) is 5.83. The number of hydrogen-bond donors (Lipinski definition) is 2. The predicted octanol–water partition coefficient (Wildman–Crippen LogP) is 4.45. The van der Waals surface area contributed by atoms with E-state index in [0.29, 0.717) is 16.9 Å². The number of nitrogens with zero attached hydrogens (tertiary/aromatic N) is 1. The molecule has 0 aliphatic carbocycles. The molecule has 0 bridgehead atoms. The van der Waals surface area contributed by atoms with Crippen LogP contribution in [-0.4, -0.2) is 22.3 Å². The molecule has 0 amide bonds. The summed E-state index contributed by atoms with van der Waals surface area (Å²) in [6, 6.07) is 11.0. The lowest BCUT2D eigenvalue weighted by Gasteiger charge is -2.15. The van der Waals surface area contributed by atoms with E-state index in [-0.39, 0.29) is 17.4 Å². The lowest BCUT2D eigenvalue weighted by Crippen LogP contribution is -1.93. The van der Waals surface area contributed by atoms with E-state index in [1.165, 1.54) is 0 Å². The van der Waals surface area contributed by atoms with Crippen LogP contribution < -0.4 is 4.74 Å². The van der Waals surface area contributed by atoms with Gasteiger partial charge in [-0.05, 0) is 35.7 Å². The number of hydrogen-bond acceptors (Lipinski definition) is 4. The van der Waals surface area contributed by atoms with Gasteiger partial charge in [-0.15, -0.1) is 0 Å². The molecule has 0 aliphatic heterocycles. The number of aromatic hydroxyl groups is 2. The van der Waals surface area contributed by atoms with Crippen LogP contribution in [-0.2, 0) is 0 Å². The maximum Gasteiger partial charge on any atom is 0.128 e. The van der Waals surface area contributed by atoms with Crippen LogP contribution in [0.15, 0.2) is 42.6 Å². The summed E-state index contributed by atoms with van der Waals surface area (Å²) >= 11 is 0. The molecule has 118 valence electrons. The van der Waals surface area contributed by atoms with E-state index >= 15 is 0 Å². The number of benzene rings is 2. The number of fused-ring (bicyclic) bond motifs is 1. The van der Waals surface area contributed by atoms with Gasteiger partial charge >= 0.3 is 0 Å². The molecular formula is C19H19NO3. The Bertz CT molecular complexity index is 849. The fourth-order valence-electron chi connectivity index (χ4n) is 2.87. The summed E-state index contributed by atoms with van der Waals surface area (Å²) in [5.41, 5.74) is 2.89. The largest absolute Gasteiger partial charge is 0.507 e. The van der Waals surface area contributed by atoms with Gasteiger partial charge in [-0.1, -0.05) is 19.9 Å². The average Bonchev–Trinajstić information content (AvgIpc) is 2.52. The summed E-state index contributed by atoms with van der Waals surface area (Å²) in [6.07, 6.45) is 1.73. The molecule has 0 saturated carbocycles. The lowest BCUT2D eigenvalue weighted by molar-refractivity contribution is 0.416. The van der Waals surface area contributed by atoms with Crippen molar-refractivity contribution in [1.29, 1.82) is 0 Å². The number of ether oxygens (including phenoxy) is 1. The van der Waals surface area contributed by atoms with Gasteiger partial charge in [-0.3, -0.25) is 4.98 Å². The van der Waals surface area contributed by atoms with Gasteiger partial charge in [-0.25, -0.2) is 0 Å². The van der Waals surface area contributed by atoms with Crippen LogP contribution in [0.25, 0.3) is 22.0 Å². The third-order valence-corrected chi connectivity index (χ3v) is 3.95. The maximum atomic E-state index is 10.3. The van der Waals surface area contributed by atoms with E-state index in [9.17, 15) is 10.2 Å². The molecule has 4 nitrogen and oxygen atoms in total. The molecule has 1 heterocycles. The molecule has 0 unspecified atom stereocenters. The highest BCUT2D eigenvalue weighted by Gasteiger charge is 2.16. The van der Waals surface area contributed by atoms with E-state index in [2.05, 4.69) is 4.98 Å². The first-order chi connectivity index (χ1) is 11.0. The van der Waals surface area contributed by atoms with Crippen molar-refractivity contribution in [2.24, 2.45) is 0 Å². The topological polar surface area (TPSA) is 62.6 Å². The van der Waals surface area contributed by atoms with Gasteiger partial charge in [0, 0.05) is 28.8 Å². The maximum absolute atomic E-state index is 10.3. The normalized spacial score (nSPS) is 11.1. The molecule has 0 radical (unpaired) electrons. The zero-order valence-electron chi connectivity index (χ0n) is 13.4. The Kier molecular flexibility index (Phi) is 3.82. The summed E-state index contributed by atoms with van der Waals surface area (Å²) in [5.74, 6) is 0.853. The Hall–Kier alpha value is -2.75. The second-order valence-electron chi connectivity index (χ2n) is 5.83. The molecule has 2 N–H and O–H groups in total. The highest BCUT2D eigenvalue weighted by atomic mass is 16.5. The minimum Gasteiger partial charge on any atom is -0.507 e. The van der Waals surface area contributed by atoms with E-state index in [4.69, 9.17) is 4.74 Å². The van der Waals surface area contributed by atoms with Crippen molar-refractivity contribution in [3.8, 4) is 28.4 Å². The number of phenolic OH excluding ortho intramolecular Hbond substituents is 2. The second kappa shape index (κ2) is 5.80. The first-order valence-corrected chi connectivity index (χ1v) is 7.50. The Morgan fingerprint density at radius 2 is 1.74 bits per heavy atom. The summed E-state index contributed by atoms with van der Waals surface area (Å²) in [7, 11) is 1.59. The zero-order chi connectivity index (χ0) is 16.6. The highest BCUT2D eigenvalue weighted by molar-refractivity contribution is 5.88. The Morgan fingerprint density at radius 1 is 1.04 bits per heavy atom. The number of phenols is 2. The molecule has 3 rings (SSSR count). The van der Waals surface area contributed by atoms with Crippen molar-refractivity contribution >= 4 is 10.9 Å². The molecule has 1 aromatic heterocycles. The van der Waals surface area contributed by atoms with E-state index in [1.54, 1.807) is 25.4 Å². The van der Waals surface area contributed by atoms with Crippen molar-refractivity contribution in [3.63, 3.8) is 0 Å². The van der Waals surface area contributed by atoms with Crippen LogP contribution in [0.2, 0.25) is 0 Å². The summed E-state index contributed by atoms with van der Waals surface area (Å²) < 4.78 is 5.46. The van der Waals surface area contributed by atoms with Gasteiger partial charge in [0.05, 0.1) is 12.6 Å². The monoisotopic (exact) mass is 309 g/mol. The predicted molar refractivity (Wildman–Crippen MR) is 91.1 cm³/mol. The molecule has 4 heteroatoms. The molecule has 2 aromatic carbocycles. The van der Waals surface area contributed by atoms with Crippen molar-refractivity contribution in [1.82, 2.24) is 4.98 Å². The third-order valence-electron chi connectivity index (χ3n) is 3.95. The quantitative estimate of drug-likeness (QED) is 0.750. The van der Waals surface area contributed by atoms with E-state index in [0.717, 1.165) is 16.5 Å². The molecule has 23 heavy (non-hydrogen) atoms. The minimum absolute atomic E-state index is 0.0340. The lowest BCUT2D eigenvalue weighted by atomic mass is 9.95. The van der Waals surface area contributed by atoms with Crippen LogP contribution in [0, 0.1) is 0 Å². The number of rotatable bonds is 3. The first kappa shape index (κ1) is 15.2. The van der Waals surface area contributed by atoms with Crippen LogP contribution in [0.4, 0.5) is 0 Å². The van der Waals surface area contributed by atoms with Crippen molar-refractivity contribution in [3.05, 3.63) is 48.2 Å². The minimum atomic E-state index is 0.0340. The summed E-state index contributed by atoms with van der Waals surface area (Å²) in [5, 5.41) is 21.5.